The first-order valence-electron chi connectivity index (χ1n) is 7.23. The van der Waals surface area contributed by atoms with Crippen LogP contribution in [0.1, 0.15) is 28.9 Å². The molecular formula is C16H18N2O6. The van der Waals surface area contributed by atoms with Crippen molar-refractivity contribution in [2.24, 2.45) is 0 Å². The van der Waals surface area contributed by atoms with Crippen molar-refractivity contribution in [3.8, 4) is 23.3 Å². The maximum atomic E-state index is 12.7. The summed E-state index contributed by atoms with van der Waals surface area (Å²) < 4.78 is 20.7. The molecule has 1 unspecified atom stereocenters. The Morgan fingerprint density at radius 1 is 1.25 bits per heavy atom. The van der Waals surface area contributed by atoms with Crippen LogP contribution in [0.25, 0.3) is 0 Å². The lowest BCUT2D eigenvalue weighted by atomic mass is 10.0. The second-order valence-electron chi connectivity index (χ2n) is 4.88. The van der Waals surface area contributed by atoms with Crippen LogP contribution in [-0.4, -0.2) is 51.3 Å². The van der Waals surface area contributed by atoms with Crippen LogP contribution in [0, 0.1) is 11.3 Å². The molecule has 0 aliphatic carbocycles. The summed E-state index contributed by atoms with van der Waals surface area (Å²) in [5.74, 6) is -0.236. The third-order valence-electron chi connectivity index (χ3n) is 3.67. The summed E-state index contributed by atoms with van der Waals surface area (Å²) in [5, 5.41) is 9.53. The van der Waals surface area contributed by atoms with Gasteiger partial charge in [0.25, 0.3) is 5.91 Å². The third kappa shape index (κ3) is 2.69. The zero-order valence-electron chi connectivity index (χ0n) is 13.9. The van der Waals surface area contributed by atoms with Crippen molar-refractivity contribution in [1.82, 2.24) is 4.90 Å². The molecule has 1 aromatic rings. The van der Waals surface area contributed by atoms with Crippen molar-refractivity contribution in [3.05, 3.63) is 17.2 Å². The lowest BCUT2D eigenvalue weighted by molar-refractivity contribution is -0.144. The Balaban J connectivity index is 2.57. The van der Waals surface area contributed by atoms with Gasteiger partial charge in [-0.3, -0.25) is 9.59 Å². The van der Waals surface area contributed by atoms with Crippen LogP contribution in [0.4, 0.5) is 0 Å². The number of esters is 1. The monoisotopic (exact) mass is 334 g/mol. The molecule has 0 saturated heterocycles. The molecule has 0 N–H and O–H groups in total. The van der Waals surface area contributed by atoms with Crippen LogP contribution >= 0.6 is 0 Å². The average Bonchev–Trinajstić information content (AvgIpc) is 2.84. The van der Waals surface area contributed by atoms with Crippen molar-refractivity contribution >= 4 is 11.9 Å². The number of carbonyl (C=O) groups is 2. The average molecular weight is 334 g/mol. The molecule has 0 spiro atoms. The van der Waals surface area contributed by atoms with Gasteiger partial charge in [-0.05, 0) is 13.0 Å². The Morgan fingerprint density at radius 3 is 2.42 bits per heavy atom. The fourth-order valence-electron chi connectivity index (χ4n) is 2.70. The van der Waals surface area contributed by atoms with Crippen LogP contribution in [0.5, 0.6) is 17.2 Å². The number of hydrogen-bond donors (Lipinski definition) is 0. The number of fused-ring (bicyclic) bond motifs is 1. The summed E-state index contributed by atoms with van der Waals surface area (Å²) in [6.45, 7) is 1.53. The highest BCUT2D eigenvalue weighted by Crippen LogP contribution is 2.49. The summed E-state index contributed by atoms with van der Waals surface area (Å²) in [5.41, 5.74) is 0.590. The molecule has 8 heteroatoms. The van der Waals surface area contributed by atoms with E-state index in [0.29, 0.717) is 11.3 Å². The van der Waals surface area contributed by atoms with Crippen LogP contribution in [0.15, 0.2) is 6.07 Å². The molecule has 1 aromatic carbocycles. The van der Waals surface area contributed by atoms with Gasteiger partial charge < -0.3 is 23.8 Å². The zero-order valence-corrected chi connectivity index (χ0v) is 13.9. The number of hydrogen-bond acceptors (Lipinski definition) is 7. The van der Waals surface area contributed by atoms with E-state index in [-0.39, 0.29) is 30.2 Å². The van der Waals surface area contributed by atoms with E-state index in [4.69, 9.17) is 18.9 Å². The van der Waals surface area contributed by atoms with Gasteiger partial charge in [0.05, 0.1) is 39.6 Å². The normalized spacial score (nSPS) is 15.5. The Labute approximate surface area is 139 Å². The molecule has 128 valence electrons. The van der Waals surface area contributed by atoms with E-state index >= 15 is 0 Å². The maximum absolute atomic E-state index is 12.7. The van der Waals surface area contributed by atoms with Gasteiger partial charge in [0.1, 0.15) is 12.6 Å². The molecule has 24 heavy (non-hydrogen) atoms. The fraction of sp³-hybridized carbons (Fsp3) is 0.438. The molecule has 0 saturated carbocycles. The summed E-state index contributed by atoms with van der Waals surface area (Å²) in [4.78, 5) is 25.6. The van der Waals surface area contributed by atoms with Gasteiger partial charge in [-0.15, -0.1) is 0 Å². The minimum Gasteiger partial charge on any atom is -0.493 e. The van der Waals surface area contributed by atoms with Crippen LogP contribution in [0.2, 0.25) is 0 Å². The SMILES string of the molecule is CCOC(=O)CN1C(=O)c2cc(OC)c(OC)c(OC)c2C1C#N. The highest BCUT2D eigenvalue weighted by atomic mass is 16.5. The van der Waals surface area contributed by atoms with E-state index in [0.717, 1.165) is 4.90 Å². The predicted molar refractivity (Wildman–Crippen MR) is 82.1 cm³/mol. The lowest BCUT2D eigenvalue weighted by Crippen LogP contribution is -2.33. The van der Waals surface area contributed by atoms with Crippen LogP contribution in [0.3, 0.4) is 0 Å². The number of rotatable bonds is 6. The molecule has 0 bridgehead atoms. The molecule has 1 aliphatic rings. The Bertz CT molecular complexity index is 709. The number of benzene rings is 1. The number of amides is 1. The molecule has 1 amide bonds. The van der Waals surface area contributed by atoms with Gasteiger partial charge in [-0.25, -0.2) is 0 Å². The second kappa shape index (κ2) is 7.08. The first kappa shape index (κ1) is 17.4. The first-order valence-corrected chi connectivity index (χ1v) is 7.23. The van der Waals surface area contributed by atoms with Crippen molar-refractivity contribution in [1.29, 1.82) is 5.26 Å². The van der Waals surface area contributed by atoms with E-state index in [2.05, 4.69) is 0 Å². The van der Waals surface area contributed by atoms with Gasteiger partial charge in [0.15, 0.2) is 11.5 Å². The first-order chi connectivity index (χ1) is 11.5. The standard InChI is InChI=1S/C16H18N2O6/c1-5-24-12(19)8-18-10(7-17)13-9(16(18)20)6-11(21-2)14(22-3)15(13)23-4/h6,10H,5,8H2,1-4H3. The molecule has 1 aliphatic heterocycles. The second-order valence-corrected chi connectivity index (χ2v) is 4.88. The predicted octanol–water partition coefficient (Wildman–Crippen LogP) is 1.30. The van der Waals surface area contributed by atoms with Crippen molar-refractivity contribution in [3.63, 3.8) is 0 Å². The van der Waals surface area contributed by atoms with Crippen LogP contribution in [-0.2, 0) is 9.53 Å². The molecule has 8 nitrogen and oxygen atoms in total. The molecule has 0 aromatic heterocycles. The molecule has 0 fully saturated rings. The number of ether oxygens (including phenoxy) is 4. The molecule has 1 heterocycles. The maximum Gasteiger partial charge on any atom is 0.325 e. The van der Waals surface area contributed by atoms with Crippen LogP contribution < -0.4 is 14.2 Å². The van der Waals surface area contributed by atoms with Crippen molar-refractivity contribution < 1.29 is 28.5 Å². The highest BCUT2D eigenvalue weighted by Gasteiger charge is 2.42. The van der Waals surface area contributed by atoms with Gasteiger partial charge in [-0.1, -0.05) is 0 Å². The smallest absolute Gasteiger partial charge is 0.325 e. The number of carbonyl (C=O) groups excluding carboxylic acids is 2. The summed E-state index contributed by atoms with van der Waals surface area (Å²) in [6, 6.07) is 2.53. The van der Waals surface area contributed by atoms with Gasteiger partial charge >= 0.3 is 5.97 Å². The topological polar surface area (TPSA) is 98.1 Å². The largest absolute Gasteiger partial charge is 0.493 e. The summed E-state index contributed by atoms with van der Waals surface area (Å²) in [7, 11) is 4.27. The number of nitriles is 1. The van der Waals surface area contributed by atoms with Gasteiger partial charge in [0, 0.05) is 5.56 Å². The Hall–Kier alpha value is -2.95. The fourth-order valence-corrected chi connectivity index (χ4v) is 2.70. The molecule has 1 atom stereocenters. The van der Waals surface area contributed by atoms with Crippen molar-refractivity contribution in [2.75, 3.05) is 34.5 Å². The number of methoxy groups -OCH3 is 3. The minimum absolute atomic E-state index is 0.190. The van der Waals surface area contributed by atoms with Gasteiger partial charge in [0.2, 0.25) is 5.75 Å². The lowest BCUT2D eigenvalue weighted by Gasteiger charge is -2.20. The molecule has 0 radical (unpaired) electrons. The van der Waals surface area contributed by atoms with E-state index in [1.54, 1.807) is 6.92 Å². The summed E-state index contributed by atoms with van der Waals surface area (Å²) >= 11 is 0. The van der Waals surface area contributed by atoms with E-state index in [1.165, 1.54) is 27.4 Å². The van der Waals surface area contributed by atoms with E-state index < -0.39 is 17.9 Å². The highest BCUT2D eigenvalue weighted by molar-refractivity contribution is 6.03. The van der Waals surface area contributed by atoms with E-state index in [1.807, 2.05) is 6.07 Å². The zero-order chi connectivity index (χ0) is 17.9. The Morgan fingerprint density at radius 2 is 1.92 bits per heavy atom. The molecule has 2 rings (SSSR count). The van der Waals surface area contributed by atoms with Crippen molar-refractivity contribution in [2.45, 2.75) is 13.0 Å². The third-order valence-corrected chi connectivity index (χ3v) is 3.67. The summed E-state index contributed by atoms with van der Waals surface area (Å²) in [6.07, 6.45) is 0. The van der Waals surface area contributed by atoms with Gasteiger partial charge in [-0.2, -0.15) is 5.26 Å². The van der Waals surface area contributed by atoms with E-state index in [9.17, 15) is 14.9 Å². The molecular weight excluding hydrogens is 316 g/mol. The minimum atomic E-state index is -0.980. The quantitative estimate of drug-likeness (QED) is 0.723. The number of nitrogens with zero attached hydrogens (tertiary/aromatic N) is 2. The Kier molecular flexibility index (Phi) is 5.14.